The minimum atomic E-state index is 0.838. The van der Waals surface area contributed by atoms with Crippen molar-refractivity contribution in [1.29, 1.82) is 0 Å². The van der Waals surface area contributed by atoms with Gasteiger partial charge in [-0.2, -0.15) is 0 Å². The summed E-state index contributed by atoms with van der Waals surface area (Å²) < 4.78 is 4.50. The third-order valence-electron chi connectivity index (χ3n) is 7.08. The second-order valence-electron chi connectivity index (χ2n) is 9.66. The van der Waals surface area contributed by atoms with Crippen LogP contribution in [0.1, 0.15) is 25.3 Å². The average Bonchev–Trinajstić information content (AvgIpc) is 2.96. The first kappa shape index (κ1) is 23.1. The van der Waals surface area contributed by atoms with Crippen molar-refractivity contribution in [2.75, 3.05) is 0 Å². The highest BCUT2D eigenvalue weighted by Crippen LogP contribution is 2.34. The maximum Gasteiger partial charge on any atom is 0.173 e. The predicted octanol–water partition coefficient (Wildman–Crippen LogP) is 7.15. The average molecular weight is 482 g/mol. The number of hydrogen-bond donors (Lipinski definition) is 0. The van der Waals surface area contributed by atoms with Crippen molar-refractivity contribution in [1.82, 2.24) is 4.98 Å². The number of fused-ring (bicyclic) bond motifs is 2. The molecule has 3 aromatic heterocycles. The molecule has 180 valence electrons. The Labute approximate surface area is 218 Å². The highest BCUT2D eigenvalue weighted by atomic mass is 14.9. The summed E-state index contributed by atoms with van der Waals surface area (Å²) in [4.78, 5) is 4.88. The molecule has 3 nitrogen and oxygen atoms in total. The zero-order valence-corrected chi connectivity index (χ0v) is 21.2. The Balaban J connectivity index is 1.23. The van der Waals surface area contributed by atoms with Crippen molar-refractivity contribution < 1.29 is 9.13 Å². The van der Waals surface area contributed by atoms with E-state index in [1.807, 2.05) is 0 Å². The van der Waals surface area contributed by atoms with Crippen molar-refractivity contribution in [2.45, 2.75) is 32.9 Å². The van der Waals surface area contributed by atoms with Crippen molar-refractivity contribution in [3.05, 3.63) is 127 Å². The van der Waals surface area contributed by atoms with E-state index in [2.05, 4.69) is 138 Å². The maximum atomic E-state index is 4.88. The van der Waals surface area contributed by atoms with E-state index in [0.717, 1.165) is 24.1 Å². The Bertz CT molecular complexity index is 1600. The molecule has 6 aromatic rings. The van der Waals surface area contributed by atoms with Gasteiger partial charge in [0.25, 0.3) is 0 Å². The van der Waals surface area contributed by atoms with Crippen molar-refractivity contribution in [3.8, 4) is 22.3 Å². The molecule has 0 atom stereocenters. The quantitative estimate of drug-likeness (QED) is 0.175. The monoisotopic (exact) mass is 481 g/mol. The van der Waals surface area contributed by atoms with Gasteiger partial charge in [0.1, 0.15) is 6.54 Å². The van der Waals surface area contributed by atoms with Crippen LogP contribution < -0.4 is 9.13 Å². The van der Waals surface area contributed by atoms with Crippen LogP contribution in [0.15, 0.2) is 122 Å². The third-order valence-corrected chi connectivity index (χ3v) is 7.08. The lowest BCUT2D eigenvalue weighted by Crippen LogP contribution is -2.33. The van der Waals surface area contributed by atoms with Crippen LogP contribution in [0.25, 0.3) is 44.1 Å². The van der Waals surface area contributed by atoms with Crippen molar-refractivity contribution in [2.24, 2.45) is 0 Å². The molecule has 0 saturated carbocycles. The lowest BCUT2D eigenvalue weighted by molar-refractivity contribution is -0.697. The number of aromatic nitrogens is 3. The summed E-state index contributed by atoms with van der Waals surface area (Å²) in [6.07, 6.45) is 11.1. The molecule has 3 heterocycles. The SMILES string of the molecule is CCCC[n+]1ccc(-c2cc[n+](Cc3ccc(-c4c5ccccc5nc5ccccc45)cc3)cc2)cc1. The summed E-state index contributed by atoms with van der Waals surface area (Å²) in [5, 5.41) is 2.38. The first-order chi connectivity index (χ1) is 18.3. The molecule has 0 amide bonds. The van der Waals surface area contributed by atoms with Crippen LogP contribution in [0.5, 0.6) is 0 Å². The van der Waals surface area contributed by atoms with Crippen LogP contribution in [0.3, 0.4) is 0 Å². The van der Waals surface area contributed by atoms with Gasteiger partial charge in [-0.25, -0.2) is 14.1 Å². The molecule has 3 aromatic carbocycles. The van der Waals surface area contributed by atoms with Gasteiger partial charge in [-0.15, -0.1) is 0 Å². The van der Waals surface area contributed by atoms with Crippen LogP contribution >= 0.6 is 0 Å². The number of rotatable bonds is 7. The van der Waals surface area contributed by atoms with E-state index < -0.39 is 0 Å². The van der Waals surface area contributed by atoms with Gasteiger partial charge < -0.3 is 0 Å². The molecule has 0 unspecified atom stereocenters. The number of hydrogen-bond acceptors (Lipinski definition) is 1. The number of nitrogens with zero attached hydrogens (tertiary/aromatic N) is 3. The van der Waals surface area contributed by atoms with Crippen LogP contribution in [0, 0.1) is 0 Å². The van der Waals surface area contributed by atoms with Crippen LogP contribution in [-0.4, -0.2) is 4.98 Å². The second kappa shape index (κ2) is 10.3. The molecule has 0 aliphatic carbocycles. The Morgan fingerprint density at radius 2 is 1.11 bits per heavy atom. The molecule has 0 bridgehead atoms. The van der Waals surface area contributed by atoms with E-state index in [-0.39, 0.29) is 0 Å². The van der Waals surface area contributed by atoms with E-state index >= 15 is 0 Å². The smallest absolute Gasteiger partial charge is 0.173 e. The summed E-state index contributed by atoms with van der Waals surface area (Å²) in [6.45, 7) is 4.15. The number of para-hydroxylation sites is 2. The minimum Gasteiger partial charge on any atom is -0.248 e. The largest absolute Gasteiger partial charge is 0.248 e. The maximum absolute atomic E-state index is 4.88. The molecule has 0 N–H and O–H groups in total. The second-order valence-corrected chi connectivity index (χ2v) is 9.66. The summed E-state index contributed by atoms with van der Waals surface area (Å²) in [5.74, 6) is 0. The van der Waals surface area contributed by atoms with E-state index in [9.17, 15) is 0 Å². The summed E-state index contributed by atoms with van der Waals surface area (Å²) in [6, 6.07) is 34.6. The Morgan fingerprint density at radius 1 is 0.568 bits per heavy atom. The zero-order valence-electron chi connectivity index (χ0n) is 21.2. The van der Waals surface area contributed by atoms with E-state index in [1.54, 1.807) is 0 Å². The van der Waals surface area contributed by atoms with Gasteiger partial charge in [0.05, 0.1) is 11.0 Å². The summed E-state index contributed by atoms with van der Waals surface area (Å²) in [7, 11) is 0. The van der Waals surface area contributed by atoms with Crippen LogP contribution in [-0.2, 0) is 13.1 Å². The highest BCUT2D eigenvalue weighted by molar-refractivity contribution is 6.09. The molecule has 0 aliphatic rings. The molecule has 0 fully saturated rings. The molecule has 0 spiro atoms. The number of unbranched alkanes of at least 4 members (excludes halogenated alkanes) is 1. The zero-order chi connectivity index (χ0) is 25.0. The van der Waals surface area contributed by atoms with Crippen LogP contribution in [0.4, 0.5) is 0 Å². The summed E-state index contributed by atoms with van der Waals surface area (Å²) >= 11 is 0. The Hall–Kier alpha value is -4.37. The van der Waals surface area contributed by atoms with Crippen molar-refractivity contribution >= 4 is 21.8 Å². The lowest BCUT2D eigenvalue weighted by atomic mass is 9.95. The molecule has 37 heavy (non-hydrogen) atoms. The van der Waals surface area contributed by atoms with E-state index in [1.165, 1.54) is 51.4 Å². The van der Waals surface area contributed by atoms with Gasteiger partial charge in [-0.05, 0) is 28.8 Å². The third kappa shape index (κ3) is 4.85. The normalized spacial score (nSPS) is 11.3. The van der Waals surface area contributed by atoms with Gasteiger partial charge in [-0.3, -0.25) is 0 Å². The van der Waals surface area contributed by atoms with Gasteiger partial charge in [0.2, 0.25) is 0 Å². The topological polar surface area (TPSA) is 20.6 Å². The number of pyridine rings is 3. The Morgan fingerprint density at radius 3 is 1.68 bits per heavy atom. The first-order valence-electron chi connectivity index (χ1n) is 13.1. The minimum absolute atomic E-state index is 0.838. The predicted molar refractivity (Wildman–Crippen MR) is 151 cm³/mol. The van der Waals surface area contributed by atoms with Crippen molar-refractivity contribution in [3.63, 3.8) is 0 Å². The Kier molecular flexibility index (Phi) is 6.43. The fourth-order valence-corrected chi connectivity index (χ4v) is 5.03. The molecular weight excluding hydrogens is 450 g/mol. The standard InChI is InChI=1S/C34H31N3/c1-2-3-20-36-21-16-27(17-22-36)28-18-23-37(24-19-28)25-26-12-14-29(15-13-26)34-30-8-4-6-10-32(30)35-33-11-7-5-9-31(33)34/h4-19,21-24H,2-3,20,25H2,1H3/q+2. The van der Waals surface area contributed by atoms with Gasteiger partial charge in [-0.1, -0.05) is 74.0 Å². The fourth-order valence-electron chi connectivity index (χ4n) is 5.03. The van der Waals surface area contributed by atoms with Gasteiger partial charge >= 0.3 is 0 Å². The summed E-state index contributed by atoms with van der Waals surface area (Å²) in [5.41, 5.74) is 8.31. The number of benzene rings is 3. The fraction of sp³-hybridized carbons (Fsp3) is 0.147. The van der Waals surface area contributed by atoms with E-state index in [4.69, 9.17) is 4.98 Å². The van der Waals surface area contributed by atoms with E-state index in [0.29, 0.717) is 0 Å². The molecule has 0 saturated heterocycles. The van der Waals surface area contributed by atoms with Crippen LogP contribution in [0.2, 0.25) is 0 Å². The highest BCUT2D eigenvalue weighted by Gasteiger charge is 2.12. The molecule has 6 rings (SSSR count). The molecule has 0 radical (unpaired) electrons. The molecular formula is C34H31N3+2. The first-order valence-corrected chi connectivity index (χ1v) is 13.1. The van der Waals surface area contributed by atoms with Gasteiger partial charge in [0, 0.05) is 52.6 Å². The molecule has 3 heteroatoms. The number of aryl methyl sites for hydroxylation is 1. The van der Waals surface area contributed by atoms with Gasteiger partial charge in [0.15, 0.2) is 31.3 Å². The lowest BCUT2D eigenvalue weighted by Gasteiger charge is -2.11. The molecule has 0 aliphatic heterocycles.